The van der Waals surface area contributed by atoms with Gasteiger partial charge in [-0.2, -0.15) is 5.10 Å². The average molecular weight is 373 g/mol. The van der Waals surface area contributed by atoms with Gasteiger partial charge in [-0.25, -0.2) is 23.1 Å². The van der Waals surface area contributed by atoms with Crippen LogP contribution in [-0.4, -0.2) is 26.2 Å². The molecule has 2 bridgehead atoms. The van der Waals surface area contributed by atoms with Crippen LogP contribution in [0.15, 0.2) is 18.3 Å². The van der Waals surface area contributed by atoms with Crippen molar-refractivity contribution < 1.29 is 13.2 Å². The summed E-state index contributed by atoms with van der Waals surface area (Å²) >= 11 is 0. The number of nitrogens with one attached hydrogen (secondary N) is 2. The van der Waals surface area contributed by atoms with Gasteiger partial charge >= 0.3 is 0 Å². The van der Waals surface area contributed by atoms with Crippen LogP contribution in [0.2, 0.25) is 0 Å². The van der Waals surface area contributed by atoms with Crippen molar-refractivity contribution in [2.45, 2.75) is 38.1 Å². The highest BCUT2D eigenvalue weighted by atomic mass is 19.1. The van der Waals surface area contributed by atoms with E-state index in [0.717, 1.165) is 31.5 Å². The van der Waals surface area contributed by atoms with Crippen molar-refractivity contribution in [1.29, 1.82) is 0 Å². The van der Waals surface area contributed by atoms with Crippen LogP contribution in [0.25, 0.3) is 22.4 Å². The van der Waals surface area contributed by atoms with E-state index >= 15 is 0 Å². The van der Waals surface area contributed by atoms with Crippen LogP contribution in [0.1, 0.15) is 32.1 Å². The highest BCUT2D eigenvalue weighted by molar-refractivity contribution is 5.89. The molecule has 3 aromatic rings. The molecular formula is C19H18F3N5. The molecule has 0 saturated heterocycles. The Morgan fingerprint density at radius 1 is 1.04 bits per heavy atom. The third kappa shape index (κ3) is 2.83. The maximum Gasteiger partial charge on any atom is 0.181 e. The Hall–Kier alpha value is -2.64. The Morgan fingerprint density at radius 3 is 2.59 bits per heavy atom. The lowest BCUT2D eigenvalue weighted by atomic mass is 9.68. The van der Waals surface area contributed by atoms with Gasteiger partial charge in [-0.15, -0.1) is 0 Å². The van der Waals surface area contributed by atoms with Crippen LogP contribution < -0.4 is 5.32 Å². The molecule has 3 fully saturated rings. The number of fused-ring (bicyclic) bond motifs is 4. The number of halogens is 3. The van der Waals surface area contributed by atoms with Gasteiger partial charge in [0.05, 0.1) is 17.3 Å². The van der Waals surface area contributed by atoms with Gasteiger partial charge in [0.15, 0.2) is 23.1 Å². The van der Waals surface area contributed by atoms with Crippen molar-refractivity contribution in [2.75, 3.05) is 5.32 Å². The summed E-state index contributed by atoms with van der Waals surface area (Å²) in [6.07, 6.45) is 6.74. The van der Waals surface area contributed by atoms with Gasteiger partial charge in [-0.3, -0.25) is 5.10 Å². The van der Waals surface area contributed by atoms with Crippen LogP contribution >= 0.6 is 0 Å². The zero-order chi connectivity index (χ0) is 18.5. The number of hydrogen-bond donors (Lipinski definition) is 2. The minimum atomic E-state index is -0.835. The van der Waals surface area contributed by atoms with Crippen molar-refractivity contribution in [3.8, 4) is 11.4 Å². The molecule has 3 heterocycles. The smallest absolute Gasteiger partial charge is 0.181 e. The van der Waals surface area contributed by atoms with Gasteiger partial charge in [0.25, 0.3) is 0 Å². The number of rotatable bonds is 3. The number of aromatic amines is 1. The van der Waals surface area contributed by atoms with Crippen LogP contribution in [0.3, 0.4) is 0 Å². The van der Waals surface area contributed by atoms with E-state index in [4.69, 9.17) is 0 Å². The Bertz CT molecular complexity index is 1010. The summed E-state index contributed by atoms with van der Waals surface area (Å²) in [5.41, 5.74) is 0.327. The predicted molar refractivity (Wildman–Crippen MR) is 94.5 cm³/mol. The largest absolute Gasteiger partial charge is 0.365 e. The lowest BCUT2D eigenvalue weighted by Crippen LogP contribution is -2.40. The number of nitrogens with zero attached hydrogens (tertiary/aromatic N) is 3. The summed E-state index contributed by atoms with van der Waals surface area (Å²) in [7, 11) is 0. The molecule has 0 spiro atoms. The average Bonchev–Trinajstić information content (AvgIpc) is 3.08. The summed E-state index contributed by atoms with van der Waals surface area (Å²) in [6, 6.07) is 2.17. The summed E-state index contributed by atoms with van der Waals surface area (Å²) in [6.45, 7) is 0. The van der Waals surface area contributed by atoms with Gasteiger partial charge in [0.2, 0.25) is 0 Å². The SMILES string of the molecule is Fc1cnc2n[nH]c(-c3nc(NC4CC5CCC4CC5)c(F)cc3F)c2c1. The monoisotopic (exact) mass is 373 g/mol. The van der Waals surface area contributed by atoms with Gasteiger partial charge in [-0.1, -0.05) is 12.8 Å². The van der Waals surface area contributed by atoms with Crippen molar-refractivity contribution >= 4 is 16.9 Å². The summed E-state index contributed by atoms with van der Waals surface area (Å²) in [4.78, 5) is 8.05. The molecule has 0 amide bonds. The number of hydrogen-bond acceptors (Lipinski definition) is 4. The fourth-order valence-corrected chi connectivity index (χ4v) is 4.53. The van der Waals surface area contributed by atoms with E-state index in [-0.39, 0.29) is 28.9 Å². The fraction of sp³-hybridized carbons (Fsp3) is 0.421. The number of aromatic nitrogens is 4. The first-order valence-corrected chi connectivity index (χ1v) is 9.21. The molecule has 3 aliphatic carbocycles. The van der Waals surface area contributed by atoms with Gasteiger partial charge in [0, 0.05) is 12.1 Å². The first-order chi connectivity index (χ1) is 13.1. The summed E-state index contributed by atoms with van der Waals surface area (Å²) in [5.74, 6) is -0.943. The number of anilines is 1. The van der Waals surface area contributed by atoms with Crippen LogP contribution in [0.4, 0.5) is 19.0 Å². The summed E-state index contributed by atoms with van der Waals surface area (Å²) in [5, 5.41) is 10.1. The third-order valence-corrected chi connectivity index (χ3v) is 5.91. The zero-order valence-corrected chi connectivity index (χ0v) is 14.5. The van der Waals surface area contributed by atoms with E-state index in [9.17, 15) is 13.2 Å². The van der Waals surface area contributed by atoms with Crippen LogP contribution in [0.5, 0.6) is 0 Å². The van der Waals surface area contributed by atoms with Crippen molar-refractivity contribution in [1.82, 2.24) is 20.2 Å². The molecule has 27 heavy (non-hydrogen) atoms. The third-order valence-electron chi connectivity index (χ3n) is 5.91. The molecule has 3 aromatic heterocycles. The quantitative estimate of drug-likeness (QED) is 0.713. The van der Waals surface area contributed by atoms with Crippen LogP contribution in [0, 0.1) is 29.3 Å². The maximum atomic E-state index is 14.5. The molecule has 3 saturated carbocycles. The van der Waals surface area contributed by atoms with Crippen LogP contribution in [-0.2, 0) is 0 Å². The van der Waals surface area contributed by atoms with Gasteiger partial charge < -0.3 is 5.32 Å². The second-order valence-corrected chi connectivity index (χ2v) is 7.54. The topological polar surface area (TPSA) is 66.5 Å². The zero-order valence-electron chi connectivity index (χ0n) is 14.5. The second kappa shape index (κ2) is 6.21. The lowest BCUT2D eigenvalue weighted by molar-refractivity contribution is 0.157. The van der Waals surface area contributed by atoms with Crippen molar-refractivity contribution in [2.24, 2.45) is 11.8 Å². The molecule has 1 unspecified atom stereocenters. The highest BCUT2D eigenvalue weighted by Gasteiger charge is 2.36. The predicted octanol–water partition coefficient (Wildman–Crippen LogP) is 4.43. The molecular weight excluding hydrogens is 355 g/mol. The first-order valence-electron chi connectivity index (χ1n) is 9.21. The Labute approximate surface area is 153 Å². The van der Waals surface area contributed by atoms with E-state index in [1.54, 1.807) is 0 Å². The fourth-order valence-electron chi connectivity index (χ4n) is 4.53. The van der Waals surface area contributed by atoms with E-state index in [0.29, 0.717) is 17.2 Å². The summed E-state index contributed by atoms with van der Waals surface area (Å²) < 4.78 is 42.4. The molecule has 1 atom stereocenters. The minimum absolute atomic E-state index is 0.0241. The molecule has 2 N–H and O–H groups in total. The number of H-pyrrole nitrogens is 1. The molecule has 5 nitrogen and oxygen atoms in total. The molecule has 6 rings (SSSR count). The molecule has 140 valence electrons. The Morgan fingerprint density at radius 2 is 1.85 bits per heavy atom. The Kier molecular flexibility index (Phi) is 3.80. The normalized spacial score (nSPS) is 24.5. The standard InChI is InChI=1S/C19H18F3N5/c20-11-6-12-16(26-27-18(12)23-8-11)17-13(21)7-14(22)19(25-17)24-15-5-9-1-3-10(15)4-2-9/h6-10,15H,1-5H2,(H,24,25)(H,23,26,27). The van der Waals surface area contributed by atoms with E-state index < -0.39 is 17.5 Å². The van der Waals surface area contributed by atoms with Crippen molar-refractivity contribution in [3.05, 3.63) is 35.8 Å². The maximum absolute atomic E-state index is 14.5. The Balaban J connectivity index is 1.53. The second-order valence-electron chi connectivity index (χ2n) is 7.54. The molecule has 0 aromatic carbocycles. The minimum Gasteiger partial charge on any atom is -0.365 e. The van der Waals surface area contributed by atoms with E-state index in [1.165, 1.54) is 18.9 Å². The highest BCUT2D eigenvalue weighted by Crippen LogP contribution is 2.42. The molecule has 0 radical (unpaired) electrons. The molecule has 8 heteroatoms. The molecule has 0 aliphatic heterocycles. The number of pyridine rings is 2. The van der Waals surface area contributed by atoms with E-state index in [1.807, 2.05) is 0 Å². The first kappa shape index (κ1) is 16.5. The van der Waals surface area contributed by atoms with E-state index in [2.05, 4.69) is 25.5 Å². The van der Waals surface area contributed by atoms with Gasteiger partial charge in [-0.05, 0) is 37.2 Å². The van der Waals surface area contributed by atoms with Crippen molar-refractivity contribution in [3.63, 3.8) is 0 Å². The van der Waals surface area contributed by atoms with Gasteiger partial charge in [0.1, 0.15) is 11.5 Å². The lowest BCUT2D eigenvalue weighted by Gasteiger charge is -2.42. The molecule has 3 aliphatic rings.